The molecule has 0 fully saturated rings. The van der Waals surface area contributed by atoms with Gasteiger partial charge in [0.2, 0.25) is 0 Å². The van der Waals surface area contributed by atoms with Gasteiger partial charge in [0.15, 0.2) is 0 Å². The molecule has 0 heterocycles. The van der Waals surface area contributed by atoms with Gasteiger partial charge in [-0.1, -0.05) is 19.9 Å². The molecule has 0 rings (SSSR count). The quantitative estimate of drug-likeness (QED) is 0.576. The molecule has 0 aliphatic heterocycles. The minimum Gasteiger partial charge on any atom is -0.390 e. The van der Waals surface area contributed by atoms with Gasteiger partial charge >= 0.3 is 0 Å². The fourth-order valence-corrected chi connectivity index (χ4v) is 0.779. The standard InChI is InChI=1S/C8H16O2/c1-4-7(9)8(10)5-6(2)3/h4,6-10H,1,5H2,2-3H3/t7-,8+/m0/s1. The first-order valence-electron chi connectivity index (χ1n) is 3.56. The molecule has 0 spiro atoms. The molecular formula is C8H16O2. The van der Waals surface area contributed by atoms with Crippen molar-refractivity contribution in [2.45, 2.75) is 32.5 Å². The topological polar surface area (TPSA) is 40.5 Å². The van der Waals surface area contributed by atoms with Crippen LogP contribution >= 0.6 is 0 Å². The van der Waals surface area contributed by atoms with E-state index in [9.17, 15) is 0 Å². The summed E-state index contributed by atoms with van der Waals surface area (Å²) in [6.45, 7) is 7.38. The molecule has 0 radical (unpaired) electrons. The zero-order chi connectivity index (χ0) is 8.15. The fourth-order valence-electron chi connectivity index (χ4n) is 0.779. The zero-order valence-electron chi connectivity index (χ0n) is 6.62. The Morgan fingerprint density at radius 1 is 1.40 bits per heavy atom. The van der Waals surface area contributed by atoms with Gasteiger partial charge in [0.05, 0.1) is 12.2 Å². The van der Waals surface area contributed by atoms with Crippen molar-refractivity contribution in [2.24, 2.45) is 5.92 Å². The maximum Gasteiger partial charge on any atom is 0.0977 e. The van der Waals surface area contributed by atoms with E-state index in [4.69, 9.17) is 10.2 Å². The van der Waals surface area contributed by atoms with E-state index in [-0.39, 0.29) is 0 Å². The van der Waals surface area contributed by atoms with Crippen molar-refractivity contribution in [3.05, 3.63) is 12.7 Å². The van der Waals surface area contributed by atoms with E-state index < -0.39 is 12.2 Å². The number of aliphatic hydroxyl groups is 2. The second-order valence-corrected chi connectivity index (χ2v) is 2.92. The number of hydrogen-bond donors (Lipinski definition) is 2. The lowest BCUT2D eigenvalue weighted by molar-refractivity contribution is 0.0353. The SMILES string of the molecule is C=C[C@H](O)[C@H](O)CC(C)C. The Morgan fingerprint density at radius 2 is 1.90 bits per heavy atom. The van der Waals surface area contributed by atoms with E-state index in [0.29, 0.717) is 12.3 Å². The van der Waals surface area contributed by atoms with Crippen LogP contribution in [0.5, 0.6) is 0 Å². The van der Waals surface area contributed by atoms with E-state index in [1.807, 2.05) is 13.8 Å². The van der Waals surface area contributed by atoms with Crippen molar-refractivity contribution >= 4 is 0 Å². The van der Waals surface area contributed by atoms with Gasteiger partial charge in [0, 0.05) is 0 Å². The third-order valence-corrected chi connectivity index (χ3v) is 1.35. The number of rotatable bonds is 4. The maximum atomic E-state index is 9.17. The van der Waals surface area contributed by atoms with Gasteiger partial charge in [-0.3, -0.25) is 0 Å². The van der Waals surface area contributed by atoms with Crippen LogP contribution in [0.3, 0.4) is 0 Å². The van der Waals surface area contributed by atoms with Crippen molar-refractivity contribution in [2.75, 3.05) is 0 Å². The van der Waals surface area contributed by atoms with E-state index in [2.05, 4.69) is 6.58 Å². The first-order valence-corrected chi connectivity index (χ1v) is 3.56. The lowest BCUT2D eigenvalue weighted by atomic mass is 10.0. The van der Waals surface area contributed by atoms with E-state index >= 15 is 0 Å². The first-order chi connectivity index (χ1) is 4.57. The molecule has 2 nitrogen and oxygen atoms in total. The van der Waals surface area contributed by atoms with Crippen LogP contribution in [0.4, 0.5) is 0 Å². The molecule has 0 aromatic heterocycles. The summed E-state index contributed by atoms with van der Waals surface area (Å²) in [6, 6.07) is 0. The Labute approximate surface area is 62.2 Å². The average Bonchev–Trinajstić information content (AvgIpc) is 1.85. The van der Waals surface area contributed by atoms with Crippen molar-refractivity contribution in [1.29, 1.82) is 0 Å². The summed E-state index contributed by atoms with van der Waals surface area (Å²) < 4.78 is 0. The molecule has 0 aromatic carbocycles. The highest BCUT2D eigenvalue weighted by atomic mass is 16.3. The highest BCUT2D eigenvalue weighted by molar-refractivity contribution is 4.84. The van der Waals surface area contributed by atoms with Crippen LogP contribution in [0.25, 0.3) is 0 Å². The number of hydrogen-bond acceptors (Lipinski definition) is 2. The molecule has 2 heteroatoms. The van der Waals surface area contributed by atoms with Gasteiger partial charge in [-0.2, -0.15) is 0 Å². The Hall–Kier alpha value is -0.340. The fraction of sp³-hybridized carbons (Fsp3) is 0.750. The lowest BCUT2D eigenvalue weighted by Gasteiger charge is -2.15. The van der Waals surface area contributed by atoms with Gasteiger partial charge in [-0.05, 0) is 12.3 Å². The second kappa shape index (κ2) is 4.47. The van der Waals surface area contributed by atoms with Gasteiger partial charge < -0.3 is 10.2 Å². The molecule has 0 saturated heterocycles. The molecule has 0 unspecified atom stereocenters. The summed E-state index contributed by atoms with van der Waals surface area (Å²) in [5.41, 5.74) is 0. The third kappa shape index (κ3) is 3.64. The molecule has 0 aliphatic rings. The Kier molecular flexibility index (Phi) is 4.32. The van der Waals surface area contributed by atoms with E-state index in [0.717, 1.165) is 0 Å². The smallest absolute Gasteiger partial charge is 0.0977 e. The largest absolute Gasteiger partial charge is 0.390 e. The molecule has 60 valence electrons. The van der Waals surface area contributed by atoms with Crippen molar-refractivity contribution < 1.29 is 10.2 Å². The van der Waals surface area contributed by atoms with Crippen LogP contribution in [0.15, 0.2) is 12.7 Å². The van der Waals surface area contributed by atoms with Crippen LogP contribution in [0.1, 0.15) is 20.3 Å². The number of aliphatic hydroxyl groups excluding tert-OH is 2. The van der Waals surface area contributed by atoms with Gasteiger partial charge in [0.25, 0.3) is 0 Å². The molecule has 0 bridgehead atoms. The Morgan fingerprint density at radius 3 is 2.20 bits per heavy atom. The molecule has 0 aromatic rings. The summed E-state index contributed by atoms with van der Waals surface area (Å²) in [5, 5.41) is 18.2. The van der Waals surface area contributed by atoms with Crippen LogP contribution in [0, 0.1) is 5.92 Å². The van der Waals surface area contributed by atoms with Crippen LogP contribution < -0.4 is 0 Å². The highest BCUT2D eigenvalue weighted by Crippen LogP contribution is 2.07. The van der Waals surface area contributed by atoms with E-state index in [1.54, 1.807) is 0 Å². The predicted octanol–water partition coefficient (Wildman–Crippen LogP) is 0.940. The molecule has 0 aliphatic carbocycles. The monoisotopic (exact) mass is 144 g/mol. The molecule has 2 atom stereocenters. The molecule has 10 heavy (non-hydrogen) atoms. The lowest BCUT2D eigenvalue weighted by Crippen LogP contribution is -2.24. The Balaban J connectivity index is 3.60. The third-order valence-electron chi connectivity index (χ3n) is 1.35. The maximum absolute atomic E-state index is 9.17. The van der Waals surface area contributed by atoms with Crippen molar-refractivity contribution in [1.82, 2.24) is 0 Å². The summed E-state index contributed by atoms with van der Waals surface area (Å²) in [7, 11) is 0. The summed E-state index contributed by atoms with van der Waals surface area (Å²) in [5.74, 6) is 0.407. The van der Waals surface area contributed by atoms with Crippen molar-refractivity contribution in [3.8, 4) is 0 Å². The van der Waals surface area contributed by atoms with Crippen molar-refractivity contribution in [3.63, 3.8) is 0 Å². The average molecular weight is 144 g/mol. The second-order valence-electron chi connectivity index (χ2n) is 2.92. The molecular weight excluding hydrogens is 128 g/mol. The van der Waals surface area contributed by atoms with Gasteiger partial charge in [-0.15, -0.1) is 6.58 Å². The minimum absolute atomic E-state index is 0.407. The molecule has 2 N–H and O–H groups in total. The zero-order valence-corrected chi connectivity index (χ0v) is 6.62. The molecule has 0 amide bonds. The van der Waals surface area contributed by atoms with Crippen LogP contribution in [-0.2, 0) is 0 Å². The van der Waals surface area contributed by atoms with Crippen LogP contribution in [0.2, 0.25) is 0 Å². The summed E-state index contributed by atoms with van der Waals surface area (Å²) in [6.07, 6.45) is 0.542. The Bertz CT molecular complexity index is 99.4. The summed E-state index contributed by atoms with van der Waals surface area (Å²) >= 11 is 0. The molecule has 0 saturated carbocycles. The normalized spacial score (nSPS) is 16.9. The van der Waals surface area contributed by atoms with Gasteiger partial charge in [-0.25, -0.2) is 0 Å². The van der Waals surface area contributed by atoms with Gasteiger partial charge in [0.1, 0.15) is 0 Å². The predicted molar refractivity (Wildman–Crippen MR) is 41.7 cm³/mol. The minimum atomic E-state index is -0.776. The first kappa shape index (κ1) is 9.66. The van der Waals surface area contributed by atoms with E-state index in [1.165, 1.54) is 6.08 Å². The highest BCUT2D eigenvalue weighted by Gasteiger charge is 2.13. The van der Waals surface area contributed by atoms with Crippen LogP contribution in [-0.4, -0.2) is 22.4 Å². The summed E-state index contributed by atoms with van der Waals surface area (Å²) in [4.78, 5) is 0.